The first-order valence-electron chi connectivity index (χ1n) is 26.3. The maximum Gasteiger partial charge on any atom is 0.227 e. The van der Waals surface area contributed by atoms with Gasteiger partial charge in [-0.25, -0.2) is 19.9 Å². The van der Waals surface area contributed by atoms with E-state index in [2.05, 4.69) is 206 Å². The second-order valence-corrected chi connectivity index (χ2v) is 20.0. The highest BCUT2D eigenvalue weighted by Gasteiger charge is 2.23. The molecule has 0 aliphatic heterocycles. The molecule has 3 heterocycles. The van der Waals surface area contributed by atoms with Crippen molar-refractivity contribution in [3.63, 3.8) is 0 Å². The van der Waals surface area contributed by atoms with Crippen LogP contribution in [0.3, 0.4) is 0 Å². The third-order valence-corrected chi connectivity index (χ3v) is 15.6. The molecule has 0 fully saturated rings. The van der Waals surface area contributed by atoms with Crippen molar-refractivity contribution in [3.05, 3.63) is 255 Å². The minimum atomic E-state index is 0.559. The van der Waals surface area contributed by atoms with E-state index in [0.29, 0.717) is 34.5 Å². The number of furan rings is 1. The van der Waals surface area contributed by atoms with Crippen LogP contribution in [-0.4, -0.2) is 19.9 Å². The van der Waals surface area contributed by atoms with E-state index in [1.165, 1.54) is 16.2 Å². The molecule has 0 N–H and O–H groups in total. The van der Waals surface area contributed by atoms with Gasteiger partial charge in [-0.15, -0.1) is 0 Å². The first-order valence-corrected chi connectivity index (χ1v) is 26.3. The quantitative estimate of drug-likeness (QED) is 0.148. The highest BCUT2D eigenvalue weighted by Crippen LogP contribution is 2.44. The zero-order valence-corrected chi connectivity index (χ0v) is 41.9. The molecule has 0 saturated heterocycles. The smallest absolute Gasteiger partial charge is 0.227 e. The number of hydrogen-bond acceptors (Lipinski definition) is 6. The lowest BCUT2D eigenvalue weighted by atomic mass is 9.91. The lowest BCUT2D eigenvalue weighted by molar-refractivity contribution is 0.603. The average molecular weight is 995 g/mol. The van der Waals surface area contributed by atoms with E-state index in [1.807, 2.05) is 48.5 Å². The van der Waals surface area contributed by atoms with Gasteiger partial charge in [0.2, 0.25) is 5.89 Å². The van der Waals surface area contributed by atoms with Crippen LogP contribution in [0.4, 0.5) is 0 Å². The Kier molecular flexibility index (Phi) is 9.84. The van der Waals surface area contributed by atoms with Crippen LogP contribution in [0.2, 0.25) is 0 Å². The first kappa shape index (κ1) is 43.8. The third-order valence-electron chi connectivity index (χ3n) is 15.6. The van der Waals surface area contributed by atoms with Crippen molar-refractivity contribution in [1.29, 1.82) is 0 Å². The summed E-state index contributed by atoms with van der Waals surface area (Å²) in [5, 5.41) is 13.5. The van der Waals surface area contributed by atoms with Gasteiger partial charge in [-0.05, 0) is 118 Å². The van der Waals surface area contributed by atoms with Gasteiger partial charge in [0, 0.05) is 38.6 Å². The van der Waals surface area contributed by atoms with E-state index < -0.39 is 0 Å². The maximum absolute atomic E-state index is 6.56. The normalized spacial score (nSPS) is 11.8. The van der Waals surface area contributed by atoms with E-state index in [1.54, 1.807) is 0 Å². The average Bonchev–Trinajstić information content (AvgIpc) is 4.16. The number of rotatable bonds is 7. The molecule has 13 aromatic carbocycles. The summed E-state index contributed by atoms with van der Waals surface area (Å²) in [5.41, 5.74) is 13.2. The molecular formula is C72H42N4O2. The summed E-state index contributed by atoms with van der Waals surface area (Å²) < 4.78 is 13.0. The minimum absolute atomic E-state index is 0.559. The van der Waals surface area contributed by atoms with Crippen LogP contribution in [0.1, 0.15) is 0 Å². The molecular weight excluding hydrogens is 953 g/mol. The van der Waals surface area contributed by atoms with E-state index in [4.69, 9.17) is 28.8 Å². The van der Waals surface area contributed by atoms with Crippen molar-refractivity contribution in [3.8, 4) is 79.0 Å². The number of para-hydroxylation sites is 1. The summed E-state index contributed by atoms with van der Waals surface area (Å²) in [4.78, 5) is 21.1. The fourth-order valence-electron chi connectivity index (χ4n) is 11.8. The molecule has 0 bridgehead atoms. The largest absolute Gasteiger partial charge is 0.452 e. The number of nitrogens with zero attached hydrogens (tertiary/aromatic N) is 4. The number of hydrogen-bond donors (Lipinski definition) is 0. The summed E-state index contributed by atoms with van der Waals surface area (Å²) in [6.45, 7) is 0. The number of benzene rings is 13. The molecule has 0 aliphatic rings. The van der Waals surface area contributed by atoms with Crippen LogP contribution in [0.15, 0.2) is 264 Å². The van der Waals surface area contributed by atoms with Gasteiger partial charge < -0.3 is 8.83 Å². The number of aromatic nitrogens is 4. The second kappa shape index (κ2) is 17.5. The van der Waals surface area contributed by atoms with Crippen molar-refractivity contribution >= 4 is 86.9 Å². The SMILES string of the molecule is c1ccc(-c2nc3c(-c4ccc(-c5ccc(-c6ccc(-c7nc(-c8cc9ccccc9c9ccccc89)nc(-c8cc9ccccc9c9ccccc89)n7)cc6)c6ccccc56)cc4)cc4c5ccccc5oc4c3o2)cc1. The molecule has 0 atom stereocenters. The molecule has 0 spiro atoms. The Morgan fingerprint density at radius 2 is 0.654 bits per heavy atom. The molecule has 16 aromatic rings. The van der Waals surface area contributed by atoms with Gasteiger partial charge in [-0.2, -0.15) is 0 Å². The monoisotopic (exact) mass is 994 g/mol. The summed E-state index contributed by atoms with van der Waals surface area (Å²) >= 11 is 0. The molecule has 16 rings (SSSR count). The molecule has 0 aliphatic carbocycles. The topological polar surface area (TPSA) is 77.8 Å². The molecule has 3 aromatic heterocycles. The predicted octanol–water partition coefficient (Wildman–Crippen LogP) is 19.3. The van der Waals surface area contributed by atoms with Crippen LogP contribution in [0, 0.1) is 0 Å². The van der Waals surface area contributed by atoms with E-state index in [-0.39, 0.29) is 0 Å². The lowest BCUT2D eigenvalue weighted by Gasteiger charge is -2.15. The fourth-order valence-corrected chi connectivity index (χ4v) is 11.8. The Bertz CT molecular complexity index is 4940. The van der Waals surface area contributed by atoms with Crippen molar-refractivity contribution < 1.29 is 8.83 Å². The predicted molar refractivity (Wildman–Crippen MR) is 320 cm³/mol. The summed E-state index contributed by atoms with van der Waals surface area (Å²) in [5.74, 6) is 2.43. The van der Waals surface area contributed by atoms with Crippen LogP contribution >= 0.6 is 0 Å². The standard InChI is InChI=1S/C72H42N4O2/c1-2-16-47(17-3-1)72-73-66-61(42-62-60-28-14-15-29-65(60)77-67(62)68(66)78-72)45-32-30-43(31-33-45)52-38-39-53(57-25-9-8-24-56(52)57)44-34-36-46(37-35-44)69-74-70(63-40-48-18-4-6-20-50(48)54-22-10-12-26-58(54)63)76-71(75-69)64-41-49-19-5-7-21-51(49)55-23-11-13-27-59(55)64/h1-42H. The van der Waals surface area contributed by atoms with Gasteiger partial charge >= 0.3 is 0 Å². The number of oxazole rings is 1. The summed E-state index contributed by atoms with van der Waals surface area (Å²) in [6.07, 6.45) is 0. The Hall–Kier alpha value is -10.6. The van der Waals surface area contributed by atoms with Crippen molar-refractivity contribution in [2.24, 2.45) is 0 Å². The number of fused-ring (bicyclic) bond motifs is 12. The lowest BCUT2D eigenvalue weighted by Crippen LogP contribution is -2.01. The second-order valence-electron chi connectivity index (χ2n) is 20.0. The summed E-state index contributed by atoms with van der Waals surface area (Å²) in [6, 6.07) is 89.7. The van der Waals surface area contributed by atoms with Crippen molar-refractivity contribution in [2.45, 2.75) is 0 Å². The molecule has 0 radical (unpaired) electrons. The molecule has 0 saturated carbocycles. The van der Waals surface area contributed by atoms with Crippen LogP contribution in [-0.2, 0) is 0 Å². The molecule has 78 heavy (non-hydrogen) atoms. The van der Waals surface area contributed by atoms with E-state index in [9.17, 15) is 0 Å². The first-order chi connectivity index (χ1) is 38.6. The highest BCUT2D eigenvalue weighted by atomic mass is 16.4. The van der Waals surface area contributed by atoms with Crippen LogP contribution in [0.25, 0.3) is 166 Å². The van der Waals surface area contributed by atoms with Gasteiger partial charge in [0.05, 0.1) is 0 Å². The highest BCUT2D eigenvalue weighted by molar-refractivity contribution is 6.18. The van der Waals surface area contributed by atoms with Crippen LogP contribution in [0.5, 0.6) is 0 Å². The maximum atomic E-state index is 6.56. The van der Waals surface area contributed by atoms with Crippen LogP contribution < -0.4 is 0 Å². The van der Waals surface area contributed by atoms with E-state index in [0.717, 1.165) is 115 Å². The third kappa shape index (κ3) is 7.04. The minimum Gasteiger partial charge on any atom is -0.452 e. The zero-order valence-electron chi connectivity index (χ0n) is 41.9. The Morgan fingerprint density at radius 1 is 0.231 bits per heavy atom. The van der Waals surface area contributed by atoms with Gasteiger partial charge in [-0.1, -0.05) is 218 Å². The molecule has 6 heteroatoms. The summed E-state index contributed by atoms with van der Waals surface area (Å²) in [7, 11) is 0. The van der Waals surface area contributed by atoms with Gasteiger partial charge in [-0.3, -0.25) is 0 Å². The molecule has 0 unspecified atom stereocenters. The molecule has 6 nitrogen and oxygen atoms in total. The van der Waals surface area contributed by atoms with Gasteiger partial charge in [0.1, 0.15) is 11.1 Å². The molecule has 0 amide bonds. The molecule has 362 valence electrons. The van der Waals surface area contributed by atoms with Crippen molar-refractivity contribution in [2.75, 3.05) is 0 Å². The van der Waals surface area contributed by atoms with Gasteiger partial charge in [0.25, 0.3) is 0 Å². The van der Waals surface area contributed by atoms with Gasteiger partial charge in [0.15, 0.2) is 28.6 Å². The fraction of sp³-hybridized carbons (Fsp3) is 0. The zero-order chi connectivity index (χ0) is 51.3. The van der Waals surface area contributed by atoms with Crippen molar-refractivity contribution in [1.82, 2.24) is 19.9 Å². The Balaban J connectivity index is 0.792. The van der Waals surface area contributed by atoms with E-state index >= 15 is 0 Å². The Labute approximate surface area is 447 Å². The Morgan fingerprint density at radius 3 is 1.21 bits per heavy atom.